The summed E-state index contributed by atoms with van der Waals surface area (Å²) in [5, 5.41) is 29.2. The summed E-state index contributed by atoms with van der Waals surface area (Å²) >= 11 is 0. The molecule has 0 heterocycles. The average molecular weight is 460 g/mol. The third-order valence-corrected chi connectivity index (χ3v) is 4.33. The van der Waals surface area contributed by atoms with Gasteiger partial charge in [0, 0.05) is 35.4 Å². The SMILES string of the molecule is O=C(N/N=C/c1ccc(/C=N/NC(=O)c2cccc([N+](=O)[O-])c2)cc1)c1cccc([N+](=O)[O-])c1. The fraction of sp³-hybridized carbons (Fsp3) is 0. The average Bonchev–Trinajstić information content (AvgIpc) is 2.85. The maximum Gasteiger partial charge on any atom is 0.271 e. The molecule has 0 unspecified atom stereocenters. The van der Waals surface area contributed by atoms with Crippen molar-refractivity contribution in [1.29, 1.82) is 0 Å². The molecule has 170 valence electrons. The van der Waals surface area contributed by atoms with Crippen LogP contribution in [0.1, 0.15) is 31.8 Å². The molecular formula is C22H16N6O6. The van der Waals surface area contributed by atoms with Gasteiger partial charge in [0.05, 0.1) is 22.3 Å². The Bertz CT molecular complexity index is 1200. The number of benzene rings is 3. The monoisotopic (exact) mass is 460 g/mol. The van der Waals surface area contributed by atoms with E-state index in [0.29, 0.717) is 11.1 Å². The number of nitrogens with one attached hydrogen (secondary N) is 2. The number of nitrogens with zero attached hydrogens (tertiary/aromatic N) is 4. The van der Waals surface area contributed by atoms with Gasteiger partial charge in [0.15, 0.2) is 0 Å². The van der Waals surface area contributed by atoms with Crippen LogP contribution in [0.4, 0.5) is 11.4 Å². The highest BCUT2D eigenvalue weighted by Crippen LogP contribution is 2.13. The molecule has 12 nitrogen and oxygen atoms in total. The van der Waals surface area contributed by atoms with E-state index in [2.05, 4.69) is 21.1 Å². The zero-order valence-corrected chi connectivity index (χ0v) is 17.3. The van der Waals surface area contributed by atoms with Crippen molar-refractivity contribution < 1.29 is 19.4 Å². The number of nitro groups is 2. The van der Waals surface area contributed by atoms with Crippen molar-refractivity contribution in [3.05, 3.63) is 115 Å². The predicted octanol–water partition coefficient (Wildman–Crippen LogP) is 3.03. The minimum atomic E-state index is -0.594. The first-order chi connectivity index (χ1) is 16.3. The first-order valence-electron chi connectivity index (χ1n) is 9.59. The van der Waals surface area contributed by atoms with Gasteiger partial charge < -0.3 is 0 Å². The number of nitro benzene ring substituents is 2. The molecule has 3 aromatic carbocycles. The number of carbonyl (C=O) groups is 2. The van der Waals surface area contributed by atoms with E-state index in [1.165, 1.54) is 48.8 Å². The third kappa shape index (κ3) is 6.37. The highest BCUT2D eigenvalue weighted by molar-refractivity contribution is 5.96. The summed E-state index contributed by atoms with van der Waals surface area (Å²) in [5.74, 6) is -1.19. The van der Waals surface area contributed by atoms with E-state index in [0.717, 1.165) is 12.1 Å². The minimum Gasteiger partial charge on any atom is -0.267 e. The third-order valence-electron chi connectivity index (χ3n) is 4.33. The maximum absolute atomic E-state index is 12.1. The Balaban J connectivity index is 1.53. The number of rotatable bonds is 8. The zero-order chi connectivity index (χ0) is 24.5. The lowest BCUT2D eigenvalue weighted by Gasteiger charge is -2.01. The van der Waals surface area contributed by atoms with Crippen molar-refractivity contribution in [2.45, 2.75) is 0 Å². The highest BCUT2D eigenvalue weighted by Gasteiger charge is 2.11. The Morgan fingerprint density at radius 3 is 1.41 bits per heavy atom. The summed E-state index contributed by atoms with van der Waals surface area (Å²) in [6, 6.07) is 17.3. The number of hydrazone groups is 2. The Morgan fingerprint density at radius 1 is 0.676 bits per heavy atom. The molecule has 0 aromatic heterocycles. The molecule has 3 aromatic rings. The molecule has 3 rings (SSSR count). The highest BCUT2D eigenvalue weighted by atomic mass is 16.6. The Labute approximate surface area is 191 Å². The van der Waals surface area contributed by atoms with E-state index in [9.17, 15) is 29.8 Å². The fourth-order valence-electron chi connectivity index (χ4n) is 2.65. The van der Waals surface area contributed by atoms with Gasteiger partial charge in [-0.1, -0.05) is 36.4 Å². The molecule has 0 aliphatic heterocycles. The van der Waals surface area contributed by atoms with Crippen LogP contribution in [0.3, 0.4) is 0 Å². The largest absolute Gasteiger partial charge is 0.271 e. The molecular weight excluding hydrogens is 444 g/mol. The molecule has 0 bridgehead atoms. The minimum absolute atomic E-state index is 0.102. The molecule has 0 fully saturated rings. The quantitative estimate of drug-likeness (QED) is 0.297. The van der Waals surface area contributed by atoms with Gasteiger partial charge in [0.1, 0.15) is 0 Å². The van der Waals surface area contributed by atoms with E-state index in [1.807, 2.05) is 0 Å². The second-order valence-electron chi connectivity index (χ2n) is 6.68. The van der Waals surface area contributed by atoms with Gasteiger partial charge in [-0.3, -0.25) is 29.8 Å². The van der Waals surface area contributed by atoms with Crippen molar-refractivity contribution in [1.82, 2.24) is 10.9 Å². The van der Waals surface area contributed by atoms with E-state index in [4.69, 9.17) is 0 Å². The van der Waals surface area contributed by atoms with Crippen LogP contribution < -0.4 is 10.9 Å². The molecule has 0 saturated heterocycles. The number of amides is 2. The van der Waals surface area contributed by atoms with Crippen molar-refractivity contribution in [3.8, 4) is 0 Å². The van der Waals surface area contributed by atoms with Crippen molar-refractivity contribution in [2.75, 3.05) is 0 Å². The number of hydrogen-bond donors (Lipinski definition) is 2. The summed E-state index contributed by atoms with van der Waals surface area (Å²) in [6.45, 7) is 0. The predicted molar refractivity (Wildman–Crippen MR) is 123 cm³/mol. The van der Waals surface area contributed by atoms with Gasteiger partial charge >= 0.3 is 0 Å². The first kappa shape index (κ1) is 23.4. The van der Waals surface area contributed by atoms with Crippen LogP contribution in [0.5, 0.6) is 0 Å². The second kappa shape index (κ2) is 10.9. The van der Waals surface area contributed by atoms with Gasteiger partial charge in [-0.05, 0) is 23.3 Å². The van der Waals surface area contributed by atoms with Crippen LogP contribution in [-0.2, 0) is 0 Å². The molecule has 2 amide bonds. The van der Waals surface area contributed by atoms with E-state index < -0.39 is 21.7 Å². The summed E-state index contributed by atoms with van der Waals surface area (Å²) in [5.41, 5.74) is 5.69. The normalized spacial score (nSPS) is 10.8. The summed E-state index contributed by atoms with van der Waals surface area (Å²) in [7, 11) is 0. The number of hydrogen-bond acceptors (Lipinski definition) is 8. The molecule has 2 N–H and O–H groups in total. The van der Waals surface area contributed by atoms with Crippen LogP contribution in [0, 0.1) is 20.2 Å². The lowest BCUT2D eigenvalue weighted by atomic mass is 10.2. The number of non-ortho nitro benzene ring substituents is 2. The Hall–Kier alpha value is -5.26. The molecule has 0 atom stereocenters. The van der Waals surface area contributed by atoms with Crippen molar-refractivity contribution in [2.24, 2.45) is 10.2 Å². The molecule has 0 aliphatic carbocycles. The van der Waals surface area contributed by atoms with Gasteiger partial charge in [-0.15, -0.1) is 0 Å². The zero-order valence-electron chi connectivity index (χ0n) is 17.3. The van der Waals surface area contributed by atoms with E-state index >= 15 is 0 Å². The van der Waals surface area contributed by atoms with Gasteiger partial charge in [-0.2, -0.15) is 10.2 Å². The number of carbonyl (C=O) groups excluding carboxylic acids is 2. The molecule has 12 heteroatoms. The van der Waals surface area contributed by atoms with Gasteiger partial charge in [-0.25, -0.2) is 10.9 Å². The fourth-order valence-corrected chi connectivity index (χ4v) is 2.65. The van der Waals surface area contributed by atoms with Gasteiger partial charge in [0.2, 0.25) is 0 Å². The summed E-state index contributed by atoms with van der Waals surface area (Å²) < 4.78 is 0. The Kier molecular flexibility index (Phi) is 7.47. The van der Waals surface area contributed by atoms with Crippen LogP contribution in [-0.4, -0.2) is 34.1 Å². The van der Waals surface area contributed by atoms with Crippen LogP contribution in [0.25, 0.3) is 0 Å². The Morgan fingerprint density at radius 2 is 1.06 bits per heavy atom. The van der Waals surface area contributed by atoms with Crippen molar-refractivity contribution in [3.63, 3.8) is 0 Å². The van der Waals surface area contributed by atoms with Crippen molar-refractivity contribution >= 4 is 35.6 Å². The standard InChI is InChI=1S/C22H16N6O6/c29-21(17-3-1-5-19(11-17)27(31)32)25-23-13-15-7-9-16(10-8-15)14-24-26-22(30)18-4-2-6-20(12-18)28(33)34/h1-14H,(H,25,29)(H,26,30)/b23-13+,24-14+. The van der Waals surface area contributed by atoms with Crippen LogP contribution in [0.15, 0.2) is 83.0 Å². The molecule has 0 spiro atoms. The molecule has 0 aliphatic rings. The second-order valence-corrected chi connectivity index (χ2v) is 6.68. The molecule has 34 heavy (non-hydrogen) atoms. The molecule has 0 saturated carbocycles. The lowest BCUT2D eigenvalue weighted by molar-refractivity contribution is -0.385. The van der Waals surface area contributed by atoms with Crippen LogP contribution in [0.2, 0.25) is 0 Å². The van der Waals surface area contributed by atoms with E-state index in [1.54, 1.807) is 24.3 Å². The smallest absolute Gasteiger partial charge is 0.267 e. The first-order valence-corrected chi connectivity index (χ1v) is 9.59. The topological polar surface area (TPSA) is 169 Å². The summed E-state index contributed by atoms with van der Waals surface area (Å²) in [6.07, 6.45) is 2.78. The van der Waals surface area contributed by atoms with Gasteiger partial charge in [0.25, 0.3) is 23.2 Å². The molecule has 0 radical (unpaired) electrons. The van der Waals surface area contributed by atoms with Crippen LogP contribution >= 0.6 is 0 Å². The summed E-state index contributed by atoms with van der Waals surface area (Å²) in [4.78, 5) is 44.5. The maximum atomic E-state index is 12.1. The van der Waals surface area contributed by atoms with E-state index in [-0.39, 0.29) is 22.5 Å². The lowest BCUT2D eigenvalue weighted by Crippen LogP contribution is -2.17.